The molecule has 0 unspecified atom stereocenters. The molecule has 0 amide bonds. The van der Waals surface area contributed by atoms with Gasteiger partial charge in [-0.15, -0.1) is 11.3 Å². The number of methoxy groups -OCH3 is 1. The van der Waals surface area contributed by atoms with Crippen LogP contribution in [-0.4, -0.2) is 28.3 Å². The Morgan fingerprint density at radius 3 is 2.76 bits per heavy atom. The Kier molecular flexibility index (Phi) is 6.79. The van der Waals surface area contributed by atoms with Crippen molar-refractivity contribution in [2.45, 2.75) is 19.4 Å². The molecule has 150 valence electrons. The Balaban J connectivity index is 1.74. The fourth-order valence-corrected chi connectivity index (χ4v) is 3.74. The first-order valence-corrected chi connectivity index (χ1v) is 10.2. The van der Waals surface area contributed by atoms with E-state index in [4.69, 9.17) is 17.0 Å². The molecule has 0 aliphatic carbocycles. The minimum absolute atomic E-state index is 0.118. The summed E-state index contributed by atoms with van der Waals surface area (Å²) in [6.07, 6.45) is -0.118. The van der Waals surface area contributed by atoms with Gasteiger partial charge in [0.05, 0.1) is 30.3 Å². The normalized spacial score (nSPS) is 11.5. The van der Waals surface area contributed by atoms with Crippen LogP contribution in [0.1, 0.15) is 23.0 Å². The molecule has 2 aromatic carbocycles. The van der Waals surface area contributed by atoms with E-state index in [1.807, 2.05) is 54.8 Å². The van der Waals surface area contributed by atoms with E-state index in [0.29, 0.717) is 10.9 Å². The number of hydrogen-bond donors (Lipinski definition) is 3. The number of nitrogens with zero attached hydrogens (tertiary/aromatic N) is 1. The first kappa shape index (κ1) is 20.8. The first-order chi connectivity index (χ1) is 13.9. The number of benzene rings is 2. The third-order valence-corrected chi connectivity index (χ3v) is 5.21. The van der Waals surface area contributed by atoms with Gasteiger partial charge in [0.25, 0.3) is 0 Å². The summed E-state index contributed by atoms with van der Waals surface area (Å²) in [7, 11) is 1.57. The summed E-state index contributed by atoms with van der Waals surface area (Å²) in [6, 6.07) is 14.5. The van der Waals surface area contributed by atoms with Crippen molar-refractivity contribution in [3.05, 3.63) is 64.5 Å². The average Bonchev–Trinajstić information content (AvgIpc) is 3.14. The van der Waals surface area contributed by atoms with Gasteiger partial charge in [-0.1, -0.05) is 24.3 Å². The second-order valence-electron chi connectivity index (χ2n) is 6.36. The molecule has 0 fully saturated rings. The monoisotopic (exact) mass is 427 g/mol. The minimum atomic E-state index is -0.922. The van der Waals surface area contributed by atoms with Crippen molar-refractivity contribution in [1.29, 1.82) is 0 Å². The van der Waals surface area contributed by atoms with Gasteiger partial charge >= 0.3 is 5.97 Å². The SMILES string of the molecule is COc1cccc([C@H](CC(=O)O)NC(=S)Nc2cccc(-c3csc(C)n3)c2)c1. The van der Waals surface area contributed by atoms with Crippen LogP contribution in [0.25, 0.3) is 11.3 Å². The molecule has 6 nitrogen and oxygen atoms in total. The molecule has 0 bridgehead atoms. The zero-order chi connectivity index (χ0) is 20.8. The number of carboxylic acids is 1. The van der Waals surface area contributed by atoms with Crippen LogP contribution in [0.2, 0.25) is 0 Å². The third kappa shape index (κ3) is 5.75. The zero-order valence-corrected chi connectivity index (χ0v) is 17.6. The van der Waals surface area contributed by atoms with Crippen molar-refractivity contribution in [3.8, 4) is 17.0 Å². The Morgan fingerprint density at radius 2 is 2.07 bits per heavy atom. The fraction of sp³-hybridized carbons (Fsp3) is 0.190. The molecular weight excluding hydrogens is 406 g/mol. The highest BCUT2D eigenvalue weighted by Crippen LogP contribution is 2.25. The molecule has 3 N–H and O–H groups in total. The Morgan fingerprint density at radius 1 is 1.28 bits per heavy atom. The van der Waals surface area contributed by atoms with Gasteiger partial charge in [-0.25, -0.2) is 4.98 Å². The van der Waals surface area contributed by atoms with Crippen molar-refractivity contribution in [2.75, 3.05) is 12.4 Å². The molecule has 0 spiro atoms. The summed E-state index contributed by atoms with van der Waals surface area (Å²) in [4.78, 5) is 15.8. The van der Waals surface area contributed by atoms with Crippen LogP contribution in [0.3, 0.4) is 0 Å². The van der Waals surface area contributed by atoms with Crippen molar-refractivity contribution in [3.63, 3.8) is 0 Å². The van der Waals surface area contributed by atoms with Crippen LogP contribution >= 0.6 is 23.6 Å². The Labute approximate surface area is 178 Å². The van der Waals surface area contributed by atoms with Gasteiger partial charge in [0.15, 0.2) is 5.11 Å². The number of hydrogen-bond acceptors (Lipinski definition) is 5. The fourth-order valence-electron chi connectivity index (χ4n) is 2.86. The number of thiazole rings is 1. The van der Waals surface area contributed by atoms with Gasteiger partial charge in [0.1, 0.15) is 5.75 Å². The van der Waals surface area contributed by atoms with Crippen LogP contribution in [0.4, 0.5) is 5.69 Å². The lowest BCUT2D eigenvalue weighted by molar-refractivity contribution is -0.137. The van der Waals surface area contributed by atoms with E-state index in [-0.39, 0.29) is 6.42 Å². The van der Waals surface area contributed by atoms with E-state index < -0.39 is 12.0 Å². The van der Waals surface area contributed by atoms with E-state index in [1.54, 1.807) is 24.5 Å². The average molecular weight is 428 g/mol. The second-order valence-corrected chi connectivity index (χ2v) is 7.83. The minimum Gasteiger partial charge on any atom is -0.497 e. The smallest absolute Gasteiger partial charge is 0.305 e. The quantitative estimate of drug-likeness (QED) is 0.474. The lowest BCUT2D eigenvalue weighted by Gasteiger charge is -2.20. The van der Waals surface area contributed by atoms with Crippen molar-refractivity contribution in [2.24, 2.45) is 0 Å². The zero-order valence-electron chi connectivity index (χ0n) is 16.0. The highest BCUT2D eigenvalue weighted by atomic mass is 32.1. The second kappa shape index (κ2) is 9.49. The van der Waals surface area contributed by atoms with E-state index >= 15 is 0 Å². The molecule has 0 saturated heterocycles. The third-order valence-electron chi connectivity index (χ3n) is 4.22. The predicted molar refractivity (Wildman–Crippen MR) is 120 cm³/mol. The van der Waals surface area contributed by atoms with E-state index in [9.17, 15) is 9.90 Å². The molecule has 29 heavy (non-hydrogen) atoms. The number of rotatable bonds is 7. The number of carbonyl (C=O) groups is 1. The van der Waals surface area contributed by atoms with E-state index in [2.05, 4.69) is 15.6 Å². The number of carboxylic acid groups (broad SMARTS) is 1. The highest BCUT2D eigenvalue weighted by molar-refractivity contribution is 7.80. The molecular formula is C21H21N3O3S2. The van der Waals surface area contributed by atoms with Crippen molar-refractivity contribution in [1.82, 2.24) is 10.3 Å². The molecule has 0 aliphatic rings. The topological polar surface area (TPSA) is 83.5 Å². The van der Waals surface area contributed by atoms with Gasteiger partial charge in [-0.05, 0) is 49.0 Å². The maximum Gasteiger partial charge on any atom is 0.305 e. The number of nitrogens with one attached hydrogen (secondary N) is 2. The summed E-state index contributed by atoms with van der Waals surface area (Å²) in [5, 5.41) is 18.9. The van der Waals surface area contributed by atoms with Crippen LogP contribution in [0.15, 0.2) is 53.9 Å². The Hall–Kier alpha value is -2.97. The lowest BCUT2D eigenvalue weighted by atomic mass is 10.0. The van der Waals surface area contributed by atoms with Gasteiger partial charge in [0.2, 0.25) is 0 Å². The molecule has 0 radical (unpaired) electrons. The maximum absolute atomic E-state index is 11.3. The summed E-state index contributed by atoms with van der Waals surface area (Å²) >= 11 is 7.03. The molecule has 1 atom stereocenters. The molecule has 8 heteroatoms. The summed E-state index contributed by atoms with van der Waals surface area (Å²) in [6.45, 7) is 1.97. The summed E-state index contributed by atoms with van der Waals surface area (Å²) in [5.74, 6) is -0.265. The summed E-state index contributed by atoms with van der Waals surface area (Å²) in [5.41, 5.74) is 3.47. The molecule has 3 rings (SSSR count). The van der Waals surface area contributed by atoms with Gasteiger partial charge in [0, 0.05) is 16.6 Å². The van der Waals surface area contributed by atoms with Crippen LogP contribution in [0, 0.1) is 6.92 Å². The van der Waals surface area contributed by atoms with Crippen molar-refractivity contribution < 1.29 is 14.6 Å². The van der Waals surface area contributed by atoms with Gasteiger partial charge in [-0.3, -0.25) is 4.79 Å². The Bertz CT molecular complexity index is 1020. The molecule has 1 aromatic heterocycles. The molecule has 0 aliphatic heterocycles. The molecule has 1 heterocycles. The molecule has 0 saturated carbocycles. The van der Waals surface area contributed by atoms with Crippen LogP contribution in [0.5, 0.6) is 5.75 Å². The number of anilines is 1. The number of thiocarbonyl (C=S) groups is 1. The van der Waals surface area contributed by atoms with Crippen LogP contribution < -0.4 is 15.4 Å². The van der Waals surface area contributed by atoms with Gasteiger partial charge < -0.3 is 20.5 Å². The predicted octanol–water partition coefficient (Wildman–Crippen LogP) is 4.63. The summed E-state index contributed by atoms with van der Waals surface area (Å²) < 4.78 is 5.24. The maximum atomic E-state index is 11.3. The standard InChI is InChI=1S/C21H21N3O3S2/c1-13-22-19(12-29-13)14-5-3-7-16(9-14)23-21(28)24-18(11-20(25)26)15-6-4-8-17(10-15)27-2/h3-10,12,18H,11H2,1-2H3,(H,25,26)(H2,23,24,28)/t18-/m0/s1. The number of aliphatic carboxylic acids is 1. The van der Waals surface area contributed by atoms with Crippen molar-refractivity contribution >= 4 is 40.3 Å². The number of aryl methyl sites for hydroxylation is 1. The van der Waals surface area contributed by atoms with Crippen LogP contribution in [-0.2, 0) is 4.79 Å². The first-order valence-electron chi connectivity index (χ1n) is 8.90. The van der Waals surface area contributed by atoms with Gasteiger partial charge in [-0.2, -0.15) is 0 Å². The van der Waals surface area contributed by atoms with E-state index in [0.717, 1.165) is 27.5 Å². The largest absolute Gasteiger partial charge is 0.497 e. The number of aromatic nitrogens is 1. The molecule has 3 aromatic rings. The number of ether oxygens (including phenoxy) is 1. The lowest BCUT2D eigenvalue weighted by Crippen LogP contribution is -2.33. The van der Waals surface area contributed by atoms with E-state index in [1.165, 1.54) is 0 Å². The highest BCUT2D eigenvalue weighted by Gasteiger charge is 2.17.